The summed E-state index contributed by atoms with van der Waals surface area (Å²) in [5.74, 6) is 1.88. The molecular formula is C22H38N4O2. The topological polar surface area (TPSA) is 49.0 Å². The minimum absolute atomic E-state index is 0.790. The van der Waals surface area contributed by atoms with Gasteiger partial charge in [0, 0.05) is 52.4 Å². The van der Waals surface area contributed by atoms with Gasteiger partial charge in [-0.3, -0.25) is 0 Å². The first kappa shape index (κ1) is 21.4. The zero-order chi connectivity index (χ0) is 19.3. The second kappa shape index (κ2) is 13.0. The van der Waals surface area contributed by atoms with Gasteiger partial charge in [-0.05, 0) is 63.0 Å². The van der Waals surface area contributed by atoms with Crippen LogP contribution < -0.4 is 20.1 Å². The molecule has 0 radical (unpaired) electrons. The molecule has 1 aromatic rings. The maximum absolute atomic E-state index is 5.86. The normalized spacial score (nSPS) is 18.9. The van der Waals surface area contributed by atoms with Gasteiger partial charge in [-0.2, -0.15) is 0 Å². The molecule has 28 heavy (non-hydrogen) atoms. The number of piperazine rings is 2. The Morgan fingerprint density at radius 1 is 0.607 bits per heavy atom. The van der Waals surface area contributed by atoms with E-state index in [0.717, 1.165) is 63.7 Å². The standard InChI is InChI=1S/C22H38N4O2/c1(13-25-15-9-23-10-16-25)3-19-27-21-5-7-22(8-6-21)28-20-4-2-14-26-17-11-24-12-18-26/h5-8,23-24H,1-4,9-20H2. The van der Waals surface area contributed by atoms with Crippen molar-refractivity contribution >= 4 is 0 Å². The van der Waals surface area contributed by atoms with Crippen molar-refractivity contribution in [1.29, 1.82) is 0 Å². The van der Waals surface area contributed by atoms with E-state index >= 15 is 0 Å². The van der Waals surface area contributed by atoms with Crippen molar-refractivity contribution in [2.75, 3.05) is 78.7 Å². The quantitative estimate of drug-likeness (QED) is 0.531. The molecule has 6 heteroatoms. The molecular weight excluding hydrogens is 352 g/mol. The molecule has 2 saturated heterocycles. The number of unbranched alkanes of at least 4 members (excludes halogenated alkanes) is 2. The lowest BCUT2D eigenvalue weighted by molar-refractivity contribution is 0.225. The Balaban J connectivity index is 1.19. The van der Waals surface area contributed by atoms with Gasteiger partial charge in [-0.1, -0.05) is 0 Å². The van der Waals surface area contributed by atoms with Gasteiger partial charge in [0.15, 0.2) is 0 Å². The van der Waals surface area contributed by atoms with E-state index in [0.29, 0.717) is 0 Å². The lowest BCUT2D eigenvalue weighted by Crippen LogP contribution is -2.43. The lowest BCUT2D eigenvalue weighted by Gasteiger charge is -2.27. The fourth-order valence-corrected chi connectivity index (χ4v) is 3.76. The van der Waals surface area contributed by atoms with Gasteiger partial charge in [-0.15, -0.1) is 0 Å². The van der Waals surface area contributed by atoms with Crippen LogP contribution in [-0.2, 0) is 0 Å². The molecule has 2 aliphatic rings. The van der Waals surface area contributed by atoms with Crippen molar-refractivity contribution in [3.05, 3.63) is 24.3 Å². The van der Waals surface area contributed by atoms with E-state index in [1.54, 1.807) is 0 Å². The fourth-order valence-electron chi connectivity index (χ4n) is 3.76. The molecule has 0 aliphatic carbocycles. The molecule has 1 aromatic carbocycles. The molecule has 0 aromatic heterocycles. The smallest absolute Gasteiger partial charge is 0.119 e. The summed E-state index contributed by atoms with van der Waals surface area (Å²) in [4.78, 5) is 5.07. The Kier molecular flexibility index (Phi) is 9.91. The average molecular weight is 391 g/mol. The Labute approximate surface area is 170 Å². The highest BCUT2D eigenvalue weighted by Crippen LogP contribution is 2.18. The zero-order valence-electron chi connectivity index (χ0n) is 17.3. The Morgan fingerprint density at radius 3 is 1.39 bits per heavy atom. The first-order valence-electron chi connectivity index (χ1n) is 11.1. The maximum atomic E-state index is 5.86. The van der Waals surface area contributed by atoms with Crippen LogP contribution in [0, 0.1) is 0 Å². The van der Waals surface area contributed by atoms with Gasteiger partial charge < -0.3 is 29.9 Å². The van der Waals surface area contributed by atoms with E-state index < -0.39 is 0 Å². The van der Waals surface area contributed by atoms with Crippen LogP contribution in [0.15, 0.2) is 24.3 Å². The van der Waals surface area contributed by atoms with Gasteiger partial charge in [0.2, 0.25) is 0 Å². The van der Waals surface area contributed by atoms with Crippen LogP contribution in [-0.4, -0.2) is 88.5 Å². The molecule has 3 rings (SSSR count). The lowest BCUT2D eigenvalue weighted by atomic mass is 10.2. The molecule has 0 unspecified atom stereocenters. The van der Waals surface area contributed by atoms with Crippen LogP contribution in [0.25, 0.3) is 0 Å². The first-order valence-corrected chi connectivity index (χ1v) is 11.1. The monoisotopic (exact) mass is 390 g/mol. The molecule has 2 aliphatic heterocycles. The van der Waals surface area contributed by atoms with Gasteiger partial charge in [0.1, 0.15) is 11.5 Å². The van der Waals surface area contributed by atoms with E-state index in [1.165, 1.54) is 52.1 Å². The molecule has 6 nitrogen and oxygen atoms in total. The van der Waals surface area contributed by atoms with E-state index in [1.807, 2.05) is 24.3 Å². The highest BCUT2D eigenvalue weighted by molar-refractivity contribution is 5.31. The molecule has 2 fully saturated rings. The van der Waals surface area contributed by atoms with Crippen LogP contribution in [0.3, 0.4) is 0 Å². The third-order valence-corrected chi connectivity index (χ3v) is 5.52. The summed E-state index contributed by atoms with van der Waals surface area (Å²) in [5, 5.41) is 6.79. The summed E-state index contributed by atoms with van der Waals surface area (Å²) < 4.78 is 11.7. The Hall–Kier alpha value is -1.34. The molecule has 0 saturated carbocycles. The summed E-state index contributed by atoms with van der Waals surface area (Å²) >= 11 is 0. The third-order valence-electron chi connectivity index (χ3n) is 5.52. The Bertz CT molecular complexity index is 467. The van der Waals surface area contributed by atoms with Gasteiger partial charge >= 0.3 is 0 Å². The third kappa shape index (κ3) is 8.35. The predicted molar refractivity (Wildman–Crippen MR) is 115 cm³/mol. The van der Waals surface area contributed by atoms with Crippen molar-refractivity contribution in [1.82, 2.24) is 20.4 Å². The zero-order valence-corrected chi connectivity index (χ0v) is 17.3. The minimum atomic E-state index is 0.790. The molecule has 0 amide bonds. The second-order valence-corrected chi connectivity index (χ2v) is 7.77. The number of nitrogens with one attached hydrogen (secondary N) is 2. The van der Waals surface area contributed by atoms with E-state index in [2.05, 4.69) is 20.4 Å². The van der Waals surface area contributed by atoms with E-state index in [4.69, 9.17) is 9.47 Å². The van der Waals surface area contributed by atoms with Crippen molar-refractivity contribution in [3.8, 4) is 11.5 Å². The van der Waals surface area contributed by atoms with E-state index in [9.17, 15) is 0 Å². The number of hydrogen-bond donors (Lipinski definition) is 2. The highest BCUT2D eigenvalue weighted by atomic mass is 16.5. The fraction of sp³-hybridized carbons (Fsp3) is 0.727. The maximum Gasteiger partial charge on any atom is 0.119 e. The molecule has 0 atom stereocenters. The summed E-state index contributed by atoms with van der Waals surface area (Å²) in [5.41, 5.74) is 0. The van der Waals surface area contributed by atoms with Crippen LogP contribution >= 0.6 is 0 Å². The first-order chi connectivity index (χ1) is 13.9. The number of rotatable bonds is 12. The summed E-state index contributed by atoms with van der Waals surface area (Å²) in [6, 6.07) is 8.08. The molecule has 158 valence electrons. The van der Waals surface area contributed by atoms with Crippen LogP contribution in [0.1, 0.15) is 25.7 Å². The SMILES string of the molecule is c1cc(OCCCCN2CCNCC2)ccc1OCCCCN1CCNCC1. The average Bonchev–Trinajstić information content (AvgIpc) is 2.76. The summed E-state index contributed by atoms with van der Waals surface area (Å²) in [6.07, 6.45) is 4.62. The van der Waals surface area contributed by atoms with Gasteiger partial charge in [-0.25, -0.2) is 0 Å². The highest BCUT2D eigenvalue weighted by Gasteiger charge is 2.09. The van der Waals surface area contributed by atoms with Crippen molar-refractivity contribution < 1.29 is 9.47 Å². The predicted octanol–water partition coefficient (Wildman–Crippen LogP) is 1.82. The number of ether oxygens (including phenoxy) is 2. The van der Waals surface area contributed by atoms with Crippen LogP contribution in [0.2, 0.25) is 0 Å². The van der Waals surface area contributed by atoms with Gasteiger partial charge in [0.25, 0.3) is 0 Å². The van der Waals surface area contributed by atoms with Crippen LogP contribution in [0.4, 0.5) is 0 Å². The second-order valence-electron chi connectivity index (χ2n) is 7.77. The molecule has 2 N–H and O–H groups in total. The molecule has 0 spiro atoms. The number of nitrogens with zero attached hydrogens (tertiary/aromatic N) is 2. The number of hydrogen-bond acceptors (Lipinski definition) is 6. The summed E-state index contributed by atoms with van der Waals surface area (Å²) in [7, 11) is 0. The van der Waals surface area contributed by atoms with Crippen molar-refractivity contribution in [2.45, 2.75) is 25.7 Å². The van der Waals surface area contributed by atoms with Crippen molar-refractivity contribution in [3.63, 3.8) is 0 Å². The number of benzene rings is 1. The van der Waals surface area contributed by atoms with Crippen molar-refractivity contribution in [2.24, 2.45) is 0 Å². The minimum Gasteiger partial charge on any atom is -0.494 e. The Morgan fingerprint density at radius 2 is 1.00 bits per heavy atom. The molecule has 0 bridgehead atoms. The van der Waals surface area contributed by atoms with Crippen LogP contribution in [0.5, 0.6) is 11.5 Å². The summed E-state index contributed by atoms with van der Waals surface area (Å²) in [6.45, 7) is 13.2. The molecule has 2 heterocycles. The van der Waals surface area contributed by atoms with E-state index in [-0.39, 0.29) is 0 Å². The largest absolute Gasteiger partial charge is 0.494 e. The van der Waals surface area contributed by atoms with Gasteiger partial charge in [0.05, 0.1) is 13.2 Å².